The van der Waals surface area contributed by atoms with Crippen LogP contribution in [0.4, 0.5) is 0 Å². The van der Waals surface area contributed by atoms with Crippen LogP contribution in [-0.4, -0.2) is 42.2 Å². The van der Waals surface area contributed by atoms with Crippen molar-refractivity contribution in [2.24, 2.45) is 7.05 Å². The largest absolute Gasteiger partial charge is 0.508 e. The predicted octanol–water partition coefficient (Wildman–Crippen LogP) is 1.95. The first-order valence-corrected chi connectivity index (χ1v) is 8.14. The summed E-state index contributed by atoms with van der Waals surface area (Å²) in [6, 6.07) is 8.91. The summed E-state index contributed by atoms with van der Waals surface area (Å²) in [4.78, 5) is 22.2. The lowest BCUT2D eigenvalue weighted by molar-refractivity contribution is 0.0715. The van der Waals surface area contributed by atoms with Gasteiger partial charge in [0, 0.05) is 25.2 Å². The van der Waals surface area contributed by atoms with E-state index in [0.29, 0.717) is 18.8 Å². The molecule has 2 N–H and O–H groups in total. The molecule has 2 aromatic heterocycles. The Kier molecular flexibility index (Phi) is 3.56. The molecule has 0 radical (unpaired) electrons. The number of aromatic hydroxyl groups is 1. The summed E-state index contributed by atoms with van der Waals surface area (Å²) in [7, 11) is 1.82. The van der Waals surface area contributed by atoms with Crippen molar-refractivity contribution in [3.05, 3.63) is 65.0 Å². The highest BCUT2D eigenvalue weighted by molar-refractivity contribution is 5.92. The molecule has 7 nitrogen and oxygen atoms in total. The third-order valence-corrected chi connectivity index (χ3v) is 4.73. The Morgan fingerprint density at radius 1 is 1.36 bits per heavy atom. The Labute approximate surface area is 144 Å². The van der Waals surface area contributed by atoms with Gasteiger partial charge < -0.3 is 15.0 Å². The van der Waals surface area contributed by atoms with E-state index in [1.54, 1.807) is 40.2 Å². The van der Waals surface area contributed by atoms with Gasteiger partial charge in [-0.3, -0.25) is 9.48 Å². The SMILES string of the molecule is Cc1cc(C(=O)N2Cc3[nH]cnc3C(c3cccc(O)c3)C2)nn1C. The van der Waals surface area contributed by atoms with Crippen LogP contribution in [0.1, 0.15) is 39.1 Å². The number of amides is 1. The first-order valence-electron chi connectivity index (χ1n) is 8.14. The number of phenols is 1. The average Bonchev–Trinajstić information content (AvgIpc) is 3.20. The fourth-order valence-corrected chi connectivity index (χ4v) is 3.31. The van der Waals surface area contributed by atoms with Crippen LogP contribution in [0.25, 0.3) is 0 Å². The van der Waals surface area contributed by atoms with Crippen molar-refractivity contribution < 1.29 is 9.90 Å². The second-order valence-corrected chi connectivity index (χ2v) is 6.39. The lowest BCUT2D eigenvalue weighted by Gasteiger charge is -2.32. The minimum absolute atomic E-state index is 0.0872. The van der Waals surface area contributed by atoms with Crippen LogP contribution in [0.3, 0.4) is 0 Å². The lowest BCUT2D eigenvalue weighted by atomic mass is 9.90. The molecule has 0 saturated carbocycles. The number of carbonyl (C=O) groups is 1. The maximum atomic E-state index is 12.9. The quantitative estimate of drug-likeness (QED) is 0.748. The minimum Gasteiger partial charge on any atom is -0.508 e. The molecule has 3 aromatic rings. The molecule has 1 aromatic carbocycles. The molecule has 1 aliphatic rings. The van der Waals surface area contributed by atoms with Crippen molar-refractivity contribution in [2.75, 3.05) is 6.54 Å². The number of fused-ring (bicyclic) bond motifs is 1. The van der Waals surface area contributed by atoms with Crippen molar-refractivity contribution in [2.45, 2.75) is 19.4 Å². The molecule has 25 heavy (non-hydrogen) atoms. The number of H-pyrrole nitrogens is 1. The van der Waals surface area contributed by atoms with Crippen molar-refractivity contribution >= 4 is 5.91 Å². The number of carbonyl (C=O) groups excluding carboxylic acids is 1. The van der Waals surface area contributed by atoms with E-state index in [1.807, 2.05) is 20.0 Å². The van der Waals surface area contributed by atoms with Gasteiger partial charge in [-0.15, -0.1) is 0 Å². The number of hydrogen-bond acceptors (Lipinski definition) is 4. The van der Waals surface area contributed by atoms with Gasteiger partial charge in [-0.25, -0.2) is 4.98 Å². The number of nitrogens with one attached hydrogen (secondary N) is 1. The first-order chi connectivity index (χ1) is 12.0. The molecule has 0 saturated heterocycles. The third-order valence-electron chi connectivity index (χ3n) is 4.73. The van der Waals surface area contributed by atoms with Gasteiger partial charge in [0.1, 0.15) is 5.75 Å². The van der Waals surface area contributed by atoms with Gasteiger partial charge in [-0.2, -0.15) is 5.10 Å². The zero-order chi connectivity index (χ0) is 17.6. The molecule has 1 aliphatic heterocycles. The number of aromatic nitrogens is 4. The lowest BCUT2D eigenvalue weighted by Crippen LogP contribution is -2.39. The van der Waals surface area contributed by atoms with Crippen LogP contribution < -0.4 is 0 Å². The topological polar surface area (TPSA) is 87.0 Å². The molecule has 0 aliphatic carbocycles. The number of benzene rings is 1. The Morgan fingerprint density at radius 3 is 2.92 bits per heavy atom. The summed E-state index contributed by atoms with van der Waals surface area (Å²) in [5, 5.41) is 14.1. The van der Waals surface area contributed by atoms with E-state index in [4.69, 9.17) is 0 Å². The van der Waals surface area contributed by atoms with E-state index < -0.39 is 0 Å². The summed E-state index contributed by atoms with van der Waals surface area (Å²) >= 11 is 0. The Balaban J connectivity index is 1.69. The summed E-state index contributed by atoms with van der Waals surface area (Å²) in [6.45, 7) is 2.89. The molecular weight excluding hydrogens is 318 g/mol. The number of phenolic OH excluding ortho intramolecular Hbond substituents is 1. The molecular formula is C18H19N5O2. The molecule has 1 unspecified atom stereocenters. The number of nitrogens with zero attached hydrogens (tertiary/aromatic N) is 4. The van der Waals surface area contributed by atoms with E-state index in [0.717, 1.165) is 22.6 Å². The fourth-order valence-electron chi connectivity index (χ4n) is 3.31. The highest BCUT2D eigenvalue weighted by Gasteiger charge is 2.32. The van der Waals surface area contributed by atoms with Gasteiger partial charge in [0.15, 0.2) is 5.69 Å². The minimum atomic E-state index is -0.103. The zero-order valence-corrected chi connectivity index (χ0v) is 14.1. The standard InChI is InChI=1S/C18H19N5O2/c1-11-6-15(21-22(11)2)18(25)23-8-14(12-4-3-5-13(24)7-12)17-16(9-23)19-10-20-17/h3-7,10,14,24H,8-9H2,1-2H3,(H,19,20). The number of aryl methyl sites for hydroxylation is 2. The molecule has 4 rings (SSSR count). The highest BCUT2D eigenvalue weighted by atomic mass is 16.3. The van der Waals surface area contributed by atoms with Crippen LogP contribution in [0.15, 0.2) is 36.7 Å². The summed E-state index contributed by atoms with van der Waals surface area (Å²) < 4.78 is 1.70. The highest BCUT2D eigenvalue weighted by Crippen LogP contribution is 2.33. The van der Waals surface area contributed by atoms with Crippen LogP contribution >= 0.6 is 0 Å². The van der Waals surface area contributed by atoms with Gasteiger partial charge in [-0.05, 0) is 30.7 Å². The van der Waals surface area contributed by atoms with E-state index in [2.05, 4.69) is 15.1 Å². The maximum absolute atomic E-state index is 12.9. The normalized spacial score (nSPS) is 16.7. The van der Waals surface area contributed by atoms with Gasteiger partial charge in [0.05, 0.1) is 24.3 Å². The number of rotatable bonds is 2. The van der Waals surface area contributed by atoms with Crippen LogP contribution in [0.2, 0.25) is 0 Å². The third kappa shape index (κ3) is 2.67. The van der Waals surface area contributed by atoms with Crippen LogP contribution in [0, 0.1) is 6.92 Å². The number of imidazole rings is 1. The Hall–Kier alpha value is -3.09. The first kappa shape index (κ1) is 15.4. The zero-order valence-electron chi connectivity index (χ0n) is 14.1. The monoisotopic (exact) mass is 337 g/mol. The predicted molar refractivity (Wildman–Crippen MR) is 91.2 cm³/mol. The molecule has 3 heterocycles. The van der Waals surface area contributed by atoms with Gasteiger partial charge in [0.25, 0.3) is 5.91 Å². The van der Waals surface area contributed by atoms with E-state index in [1.165, 1.54) is 0 Å². The maximum Gasteiger partial charge on any atom is 0.274 e. The average molecular weight is 337 g/mol. The van der Waals surface area contributed by atoms with Crippen molar-refractivity contribution in [1.29, 1.82) is 0 Å². The van der Waals surface area contributed by atoms with Crippen LogP contribution in [0.5, 0.6) is 5.75 Å². The summed E-state index contributed by atoms with van der Waals surface area (Å²) in [6.07, 6.45) is 1.65. The van der Waals surface area contributed by atoms with E-state index in [9.17, 15) is 9.90 Å². The molecule has 128 valence electrons. The Morgan fingerprint density at radius 2 is 2.20 bits per heavy atom. The van der Waals surface area contributed by atoms with Crippen molar-refractivity contribution in [3.8, 4) is 5.75 Å². The van der Waals surface area contributed by atoms with Gasteiger partial charge in [-0.1, -0.05) is 12.1 Å². The summed E-state index contributed by atoms with van der Waals surface area (Å²) in [5.74, 6) is 0.0170. The van der Waals surface area contributed by atoms with E-state index in [-0.39, 0.29) is 17.6 Å². The molecule has 0 fully saturated rings. The van der Waals surface area contributed by atoms with E-state index >= 15 is 0 Å². The molecule has 1 amide bonds. The number of hydrogen-bond donors (Lipinski definition) is 2. The second kappa shape index (κ2) is 5.77. The molecule has 0 bridgehead atoms. The molecule has 1 atom stereocenters. The molecule has 7 heteroatoms. The number of aromatic amines is 1. The van der Waals surface area contributed by atoms with Gasteiger partial charge in [0.2, 0.25) is 0 Å². The van der Waals surface area contributed by atoms with Crippen LogP contribution in [-0.2, 0) is 13.6 Å². The fraction of sp³-hybridized carbons (Fsp3) is 0.278. The Bertz CT molecular complexity index is 923. The molecule has 0 spiro atoms. The smallest absolute Gasteiger partial charge is 0.274 e. The van der Waals surface area contributed by atoms with Crippen molar-refractivity contribution in [1.82, 2.24) is 24.6 Å². The summed E-state index contributed by atoms with van der Waals surface area (Å²) in [5.41, 5.74) is 4.15. The van der Waals surface area contributed by atoms with Crippen molar-refractivity contribution in [3.63, 3.8) is 0 Å². The van der Waals surface area contributed by atoms with Gasteiger partial charge >= 0.3 is 0 Å². The second-order valence-electron chi connectivity index (χ2n) is 6.39.